The molecule has 2 amide bonds. The highest BCUT2D eigenvalue weighted by Gasteiger charge is 2.35. The normalized spacial score (nSPS) is 14.7. The van der Waals surface area contributed by atoms with Crippen LogP contribution in [-0.4, -0.2) is 38.7 Å². The molecule has 208 valence electrons. The van der Waals surface area contributed by atoms with E-state index in [0.29, 0.717) is 21.7 Å². The highest BCUT2D eigenvalue weighted by atomic mass is 32.2. The van der Waals surface area contributed by atoms with E-state index in [1.54, 1.807) is 17.5 Å². The van der Waals surface area contributed by atoms with Gasteiger partial charge < -0.3 is 16.2 Å². The third-order valence-corrected chi connectivity index (χ3v) is 8.04. The number of benzene rings is 2. The third kappa shape index (κ3) is 6.58. The molecule has 2 aromatic carbocycles. The number of nitrogens with one attached hydrogen (secondary N) is 1. The van der Waals surface area contributed by atoms with Gasteiger partial charge in [0.05, 0.1) is 16.0 Å². The summed E-state index contributed by atoms with van der Waals surface area (Å²) in [4.78, 5) is 38.7. The quantitative estimate of drug-likeness (QED) is 0.164. The van der Waals surface area contributed by atoms with Crippen LogP contribution in [-0.2, 0) is 22.3 Å². The van der Waals surface area contributed by atoms with Crippen molar-refractivity contribution in [3.05, 3.63) is 80.1 Å². The molecule has 7 nitrogen and oxygen atoms in total. The second kappa shape index (κ2) is 11.9. The molecule has 0 radical (unpaired) electrons. The summed E-state index contributed by atoms with van der Waals surface area (Å²) in [7, 11) is 0. The Bertz CT molecular complexity index is 1550. The lowest BCUT2D eigenvalue weighted by molar-refractivity contribution is -0.140. The van der Waals surface area contributed by atoms with Crippen molar-refractivity contribution in [1.29, 1.82) is 0 Å². The molecule has 0 aliphatic carbocycles. The number of halogens is 4. The molecule has 4 rings (SSSR count). The number of thiophene rings is 1. The number of carboxylic acid groups (broad SMARTS) is 1. The van der Waals surface area contributed by atoms with Gasteiger partial charge in [0.2, 0.25) is 5.91 Å². The number of hydrogen-bond acceptors (Lipinski definition) is 7. The van der Waals surface area contributed by atoms with Crippen molar-refractivity contribution in [2.75, 3.05) is 11.9 Å². The number of nitrogens with zero attached hydrogens (tertiary/aromatic N) is 1. The van der Waals surface area contributed by atoms with Crippen LogP contribution >= 0.6 is 35.3 Å². The van der Waals surface area contributed by atoms with Crippen molar-refractivity contribution in [2.45, 2.75) is 19.1 Å². The Morgan fingerprint density at radius 3 is 2.55 bits per heavy atom. The van der Waals surface area contributed by atoms with E-state index in [4.69, 9.17) is 23.1 Å². The maximum atomic E-state index is 13.6. The van der Waals surface area contributed by atoms with E-state index >= 15 is 0 Å². The van der Waals surface area contributed by atoms with Gasteiger partial charge in [-0.05, 0) is 64.5 Å². The third-order valence-electron chi connectivity index (χ3n) is 5.78. The molecule has 1 fully saturated rings. The number of carbonyl (C=O) groups is 3. The molecule has 3 aromatic rings. The first kappa shape index (κ1) is 29.4. The van der Waals surface area contributed by atoms with Gasteiger partial charge in [-0.15, -0.1) is 11.3 Å². The Kier molecular flexibility index (Phi) is 8.73. The Morgan fingerprint density at radius 2 is 1.88 bits per heavy atom. The summed E-state index contributed by atoms with van der Waals surface area (Å²) >= 11 is 7.52. The number of alkyl halides is 3. The van der Waals surface area contributed by atoms with Crippen LogP contribution in [0.25, 0.3) is 17.2 Å². The van der Waals surface area contributed by atoms with Gasteiger partial charge in [0, 0.05) is 30.1 Å². The first-order valence-corrected chi connectivity index (χ1v) is 13.5. The number of amides is 2. The van der Waals surface area contributed by atoms with Gasteiger partial charge in [-0.1, -0.05) is 30.0 Å². The van der Waals surface area contributed by atoms with Crippen LogP contribution in [0.4, 0.5) is 23.2 Å². The Labute approximate surface area is 238 Å². The highest BCUT2D eigenvalue weighted by molar-refractivity contribution is 8.26. The first-order chi connectivity index (χ1) is 18.9. The molecule has 40 heavy (non-hydrogen) atoms. The SMILES string of the molecule is NCc1cc(C(=O)O)ccc1NC(=O)CCN1C(=O)C(=Cc2cc(-c3ccc(F)c(C(F)(F)F)c3)cs2)SC1=S. The summed E-state index contributed by atoms with van der Waals surface area (Å²) in [6.45, 7) is -0.00416. The van der Waals surface area contributed by atoms with Crippen molar-refractivity contribution in [3.8, 4) is 11.1 Å². The van der Waals surface area contributed by atoms with Crippen LogP contribution < -0.4 is 11.1 Å². The van der Waals surface area contributed by atoms with Crippen LogP contribution in [0, 0.1) is 5.82 Å². The predicted octanol–water partition coefficient (Wildman–Crippen LogP) is 5.96. The number of nitrogens with two attached hydrogens (primary N) is 1. The highest BCUT2D eigenvalue weighted by Crippen LogP contribution is 2.37. The van der Waals surface area contributed by atoms with Crippen LogP contribution in [0.3, 0.4) is 0 Å². The fourth-order valence-corrected chi connectivity index (χ4v) is 5.99. The number of anilines is 1. The first-order valence-electron chi connectivity index (χ1n) is 11.4. The molecule has 14 heteroatoms. The van der Waals surface area contributed by atoms with E-state index < -0.39 is 35.3 Å². The molecule has 0 atom stereocenters. The Hall–Kier alpha value is -3.59. The molecule has 4 N–H and O–H groups in total. The molecule has 0 saturated carbocycles. The minimum Gasteiger partial charge on any atom is -0.478 e. The summed E-state index contributed by atoms with van der Waals surface area (Å²) in [6.07, 6.45) is -3.37. The van der Waals surface area contributed by atoms with Crippen LogP contribution in [0.5, 0.6) is 0 Å². The van der Waals surface area contributed by atoms with Crippen molar-refractivity contribution in [3.63, 3.8) is 0 Å². The maximum absolute atomic E-state index is 13.6. The predicted molar refractivity (Wildman–Crippen MR) is 149 cm³/mol. The van der Waals surface area contributed by atoms with E-state index in [9.17, 15) is 31.9 Å². The van der Waals surface area contributed by atoms with Crippen molar-refractivity contribution in [1.82, 2.24) is 4.90 Å². The van der Waals surface area contributed by atoms with Crippen molar-refractivity contribution < 1.29 is 37.1 Å². The van der Waals surface area contributed by atoms with Gasteiger partial charge >= 0.3 is 12.1 Å². The summed E-state index contributed by atoms with van der Waals surface area (Å²) in [5, 5.41) is 13.4. The molecular weight excluding hydrogens is 590 g/mol. The molecule has 1 saturated heterocycles. The number of thioether (sulfide) groups is 1. The van der Waals surface area contributed by atoms with Gasteiger partial charge in [-0.3, -0.25) is 14.5 Å². The molecule has 2 heterocycles. The monoisotopic (exact) mass is 609 g/mol. The minimum atomic E-state index is -4.83. The summed E-state index contributed by atoms with van der Waals surface area (Å²) in [5.74, 6) is -3.34. The molecule has 1 aromatic heterocycles. The molecule has 0 unspecified atom stereocenters. The number of hydrogen-bond donors (Lipinski definition) is 3. The van der Waals surface area contributed by atoms with Gasteiger partial charge in [0.25, 0.3) is 5.91 Å². The van der Waals surface area contributed by atoms with Gasteiger partial charge in [0.1, 0.15) is 10.1 Å². The maximum Gasteiger partial charge on any atom is 0.419 e. The zero-order chi connectivity index (χ0) is 29.2. The number of carbonyl (C=O) groups excluding carboxylic acids is 2. The lowest BCUT2D eigenvalue weighted by Crippen LogP contribution is -2.31. The van der Waals surface area contributed by atoms with Gasteiger partial charge in [-0.25, -0.2) is 9.18 Å². The molecule has 1 aliphatic heterocycles. The number of aromatic carboxylic acids is 1. The van der Waals surface area contributed by atoms with E-state index in [-0.39, 0.29) is 39.9 Å². The largest absolute Gasteiger partial charge is 0.478 e. The van der Waals surface area contributed by atoms with E-state index in [2.05, 4.69) is 5.32 Å². The topological polar surface area (TPSA) is 113 Å². The summed E-state index contributed by atoms with van der Waals surface area (Å²) in [5.41, 5.74) is 5.75. The molecule has 0 spiro atoms. The second-order valence-electron chi connectivity index (χ2n) is 8.44. The van der Waals surface area contributed by atoms with Crippen LogP contribution in [0.15, 0.2) is 52.7 Å². The standard InChI is InChI=1S/C26H19F4N3O4S3/c27-19-3-1-13(9-18(19)26(28,29)30)16-8-17(39-12-16)10-21-23(35)33(25(38)40-21)6-5-22(34)32-20-4-2-14(24(36)37)7-15(20)11-31/h1-4,7-10,12H,5-6,11,31H2,(H,32,34)(H,36,37). The smallest absolute Gasteiger partial charge is 0.419 e. The molecule has 0 bridgehead atoms. The van der Waals surface area contributed by atoms with Crippen molar-refractivity contribution in [2.24, 2.45) is 5.73 Å². The number of rotatable bonds is 8. The van der Waals surface area contributed by atoms with E-state index in [1.807, 2.05) is 0 Å². The van der Waals surface area contributed by atoms with E-state index in [0.717, 1.165) is 23.9 Å². The summed E-state index contributed by atoms with van der Waals surface area (Å²) < 4.78 is 53.1. The molecular formula is C26H19F4N3O4S3. The van der Waals surface area contributed by atoms with Crippen LogP contribution in [0.2, 0.25) is 0 Å². The number of carboxylic acids is 1. The van der Waals surface area contributed by atoms with Gasteiger partial charge in [0.15, 0.2) is 0 Å². The zero-order valence-corrected chi connectivity index (χ0v) is 22.7. The Morgan fingerprint density at radius 1 is 1.12 bits per heavy atom. The lowest BCUT2D eigenvalue weighted by Gasteiger charge is -2.15. The molecule has 1 aliphatic rings. The average molecular weight is 610 g/mol. The van der Waals surface area contributed by atoms with E-state index in [1.165, 1.54) is 40.5 Å². The minimum absolute atomic E-state index is 0.00527. The Balaban J connectivity index is 1.42. The summed E-state index contributed by atoms with van der Waals surface area (Å²) in [6, 6.07) is 8.48. The fraction of sp³-hybridized carbons (Fsp3) is 0.154. The lowest BCUT2D eigenvalue weighted by atomic mass is 10.0. The second-order valence-corrected chi connectivity index (χ2v) is 11.1. The number of thiocarbonyl (C=S) groups is 1. The zero-order valence-electron chi connectivity index (χ0n) is 20.3. The van der Waals surface area contributed by atoms with Crippen molar-refractivity contribution >= 4 is 69.2 Å². The van der Waals surface area contributed by atoms with Crippen LogP contribution in [0.1, 0.15) is 32.8 Å². The average Bonchev–Trinajstić information content (AvgIpc) is 3.46. The van der Waals surface area contributed by atoms with Gasteiger partial charge in [-0.2, -0.15) is 13.2 Å². The fourth-order valence-electron chi connectivity index (χ4n) is 3.77.